The SMILES string of the molecule is CCC(CCN)CCc1nc(N2CCCC2)no1. The van der Waals surface area contributed by atoms with Gasteiger partial charge in [-0.3, -0.25) is 0 Å². The molecule has 0 spiro atoms. The van der Waals surface area contributed by atoms with E-state index in [0.717, 1.165) is 50.7 Å². The zero-order chi connectivity index (χ0) is 12.8. The van der Waals surface area contributed by atoms with Gasteiger partial charge in [-0.2, -0.15) is 4.98 Å². The van der Waals surface area contributed by atoms with E-state index in [0.29, 0.717) is 5.92 Å². The normalized spacial score (nSPS) is 17.3. The third-order valence-corrected chi connectivity index (χ3v) is 3.76. The number of aryl methyl sites for hydroxylation is 1. The van der Waals surface area contributed by atoms with Gasteiger partial charge >= 0.3 is 0 Å². The van der Waals surface area contributed by atoms with Crippen molar-refractivity contribution < 1.29 is 4.52 Å². The Labute approximate surface area is 109 Å². The lowest BCUT2D eigenvalue weighted by Gasteiger charge is -2.11. The Morgan fingerprint density at radius 3 is 2.78 bits per heavy atom. The maximum absolute atomic E-state index is 5.60. The molecule has 0 saturated carbocycles. The van der Waals surface area contributed by atoms with Gasteiger partial charge in [0.05, 0.1) is 0 Å². The predicted molar refractivity (Wildman–Crippen MR) is 71.5 cm³/mol. The Bertz CT molecular complexity index is 347. The first kappa shape index (κ1) is 13.3. The highest BCUT2D eigenvalue weighted by atomic mass is 16.5. The van der Waals surface area contributed by atoms with E-state index in [9.17, 15) is 0 Å². The lowest BCUT2D eigenvalue weighted by atomic mass is 9.97. The van der Waals surface area contributed by atoms with Crippen LogP contribution >= 0.6 is 0 Å². The summed E-state index contributed by atoms with van der Waals surface area (Å²) in [5.74, 6) is 2.22. The zero-order valence-electron chi connectivity index (χ0n) is 11.3. The molecule has 1 fully saturated rings. The molecule has 1 atom stereocenters. The summed E-state index contributed by atoms with van der Waals surface area (Å²) < 4.78 is 5.32. The van der Waals surface area contributed by atoms with Crippen LogP contribution in [0, 0.1) is 5.92 Å². The second kappa shape index (κ2) is 6.73. The van der Waals surface area contributed by atoms with Crippen LogP contribution in [0.5, 0.6) is 0 Å². The van der Waals surface area contributed by atoms with Crippen molar-refractivity contribution in [2.45, 2.75) is 45.4 Å². The fraction of sp³-hybridized carbons (Fsp3) is 0.846. The van der Waals surface area contributed by atoms with E-state index in [1.807, 2.05) is 0 Å². The molecule has 5 heteroatoms. The quantitative estimate of drug-likeness (QED) is 0.803. The second-order valence-electron chi connectivity index (χ2n) is 5.07. The molecule has 0 amide bonds. The third-order valence-electron chi connectivity index (χ3n) is 3.76. The minimum Gasteiger partial charge on any atom is -0.338 e. The maximum atomic E-state index is 5.60. The van der Waals surface area contributed by atoms with E-state index < -0.39 is 0 Å². The smallest absolute Gasteiger partial charge is 0.266 e. The highest BCUT2D eigenvalue weighted by Gasteiger charge is 2.18. The first-order valence-electron chi connectivity index (χ1n) is 7.11. The monoisotopic (exact) mass is 252 g/mol. The van der Waals surface area contributed by atoms with Crippen LogP contribution in [-0.4, -0.2) is 29.8 Å². The van der Waals surface area contributed by atoms with E-state index >= 15 is 0 Å². The molecular formula is C13H24N4O. The van der Waals surface area contributed by atoms with Crippen molar-refractivity contribution in [1.29, 1.82) is 0 Å². The van der Waals surface area contributed by atoms with E-state index in [2.05, 4.69) is 22.0 Å². The molecule has 2 N–H and O–H groups in total. The molecule has 0 aromatic carbocycles. The van der Waals surface area contributed by atoms with Gasteiger partial charge in [0, 0.05) is 19.5 Å². The van der Waals surface area contributed by atoms with Gasteiger partial charge in [-0.25, -0.2) is 0 Å². The predicted octanol–water partition coefficient (Wildman–Crippen LogP) is 1.98. The molecular weight excluding hydrogens is 228 g/mol. The molecule has 18 heavy (non-hydrogen) atoms. The van der Waals surface area contributed by atoms with Gasteiger partial charge in [0.15, 0.2) is 0 Å². The Morgan fingerprint density at radius 1 is 1.33 bits per heavy atom. The highest BCUT2D eigenvalue weighted by molar-refractivity contribution is 5.28. The van der Waals surface area contributed by atoms with Gasteiger partial charge in [0.2, 0.25) is 5.89 Å². The van der Waals surface area contributed by atoms with Gasteiger partial charge in [0.1, 0.15) is 0 Å². The Kier molecular flexibility index (Phi) is 4.99. The molecule has 1 aromatic heterocycles. The number of nitrogens with two attached hydrogens (primary N) is 1. The molecule has 102 valence electrons. The van der Waals surface area contributed by atoms with Gasteiger partial charge in [0.25, 0.3) is 5.95 Å². The average molecular weight is 252 g/mol. The number of rotatable bonds is 7. The van der Waals surface area contributed by atoms with Crippen LogP contribution in [-0.2, 0) is 6.42 Å². The molecule has 0 bridgehead atoms. The van der Waals surface area contributed by atoms with Crippen molar-refractivity contribution in [1.82, 2.24) is 10.1 Å². The van der Waals surface area contributed by atoms with Crippen molar-refractivity contribution in [3.8, 4) is 0 Å². The van der Waals surface area contributed by atoms with Crippen LogP contribution in [0.4, 0.5) is 5.95 Å². The van der Waals surface area contributed by atoms with E-state index in [1.54, 1.807) is 0 Å². The number of hydrogen-bond acceptors (Lipinski definition) is 5. The highest BCUT2D eigenvalue weighted by Crippen LogP contribution is 2.19. The molecule has 1 saturated heterocycles. The summed E-state index contributed by atoms with van der Waals surface area (Å²) in [4.78, 5) is 6.67. The summed E-state index contributed by atoms with van der Waals surface area (Å²) in [6.07, 6.45) is 6.69. The Balaban J connectivity index is 1.82. The molecule has 1 unspecified atom stereocenters. The van der Waals surface area contributed by atoms with Gasteiger partial charge in [-0.05, 0) is 43.3 Å². The van der Waals surface area contributed by atoms with Crippen molar-refractivity contribution >= 4 is 5.95 Å². The number of hydrogen-bond donors (Lipinski definition) is 1. The fourth-order valence-electron chi connectivity index (χ4n) is 2.51. The first-order chi connectivity index (χ1) is 8.83. The molecule has 0 radical (unpaired) electrons. The van der Waals surface area contributed by atoms with Crippen molar-refractivity contribution in [2.24, 2.45) is 11.7 Å². The lowest BCUT2D eigenvalue weighted by molar-refractivity contribution is 0.353. The molecule has 2 rings (SSSR count). The minimum atomic E-state index is 0.678. The van der Waals surface area contributed by atoms with Crippen LogP contribution < -0.4 is 10.6 Å². The van der Waals surface area contributed by atoms with Crippen LogP contribution in [0.25, 0.3) is 0 Å². The first-order valence-corrected chi connectivity index (χ1v) is 7.11. The molecule has 2 heterocycles. The van der Waals surface area contributed by atoms with Crippen molar-refractivity contribution in [3.63, 3.8) is 0 Å². The molecule has 5 nitrogen and oxygen atoms in total. The second-order valence-corrected chi connectivity index (χ2v) is 5.07. The van der Waals surface area contributed by atoms with Gasteiger partial charge < -0.3 is 15.2 Å². The van der Waals surface area contributed by atoms with Crippen LogP contribution in [0.15, 0.2) is 4.52 Å². The van der Waals surface area contributed by atoms with E-state index in [-0.39, 0.29) is 0 Å². The Hall–Kier alpha value is -1.10. The third kappa shape index (κ3) is 3.45. The summed E-state index contributed by atoms with van der Waals surface area (Å²) in [7, 11) is 0. The minimum absolute atomic E-state index is 0.678. The standard InChI is InChI=1S/C13H24N4O/c1-2-11(7-8-14)5-6-12-15-13(16-18-12)17-9-3-4-10-17/h11H,2-10,14H2,1H3. The van der Waals surface area contributed by atoms with Crippen LogP contribution in [0.1, 0.15) is 44.9 Å². The topological polar surface area (TPSA) is 68.2 Å². The van der Waals surface area contributed by atoms with Crippen LogP contribution in [0.3, 0.4) is 0 Å². The number of nitrogens with zero attached hydrogens (tertiary/aromatic N) is 3. The van der Waals surface area contributed by atoms with Crippen molar-refractivity contribution in [2.75, 3.05) is 24.5 Å². The Morgan fingerprint density at radius 2 is 2.11 bits per heavy atom. The zero-order valence-corrected chi connectivity index (χ0v) is 11.3. The molecule has 0 aliphatic carbocycles. The summed E-state index contributed by atoms with van der Waals surface area (Å²) >= 11 is 0. The lowest BCUT2D eigenvalue weighted by Crippen LogP contribution is -2.18. The number of aromatic nitrogens is 2. The summed E-state index contributed by atoms with van der Waals surface area (Å²) in [5.41, 5.74) is 5.60. The average Bonchev–Trinajstić information content (AvgIpc) is 3.04. The van der Waals surface area contributed by atoms with Crippen molar-refractivity contribution in [3.05, 3.63) is 5.89 Å². The molecule has 1 aliphatic heterocycles. The fourth-order valence-corrected chi connectivity index (χ4v) is 2.51. The molecule has 1 aliphatic rings. The van der Waals surface area contributed by atoms with Gasteiger partial charge in [-0.15, -0.1) is 0 Å². The summed E-state index contributed by atoms with van der Waals surface area (Å²) in [5, 5.41) is 4.06. The van der Waals surface area contributed by atoms with E-state index in [4.69, 9.17) is 10.3 Å². The summed E-state index contributed by atoms with van der Waals surface area (Å²) in [6, 6.07) is 0. The van der Waals surface area contributed by atoms with Gasteiger partial charge in [-0.1, -0.05) is 13.3 Å². The van der Waals surface area contributed by atoms with E-state index in [1.165, 1.54) is 19.3 Å². The largest absolute Gasteiger partial charge is 0.338 e. The molecule has 1 aromatic rings. The number of anilines is 1. The summed E-state index contributed by atoms with van der Waals surface area (Å²) in [6.45, 7) is 5.10. The van der Waals surface area contributed by atoms with Crippen LogP contribution in [0.2, 0.25) is 0 Å². The maximum Gasteiger partial charge on any atom is 0.266 e.